The number of nitrogens with zero attached hydrogens (tertiary/aromatic N) is 1. The van der Waals surface area contributed by atoms with Gasteiger partial charge in [-0.15, -0.1) is 0 Å². The average molecular weight is 320 g/mol. The highest BCUT2D eigenvalue weighted by Gasteiger charge is 2.24. The first kappa shape index (κ1) is 17.4. The van der Waals surface area contributed by atoms with E-state index in [1.165, 1.54) is 6.42 Å². The van der Waals surface area contributed by atoms with Gasteiger partial charge in [-0.2, -0.15) is 0 Å². The molecule has 0 radical (unpaired) electrons. The number of carbonyl (C=O) groups is 1. The van der Waals surface area contributed by atoms with Gasteiger partial charge in [0.1, 0.15) is 0 Å². The summed E-state index contributed by atoms with van der Waals surface area (Å²) in [7, 11) is 1.65. The maximum Gasteiger partial charge on any atom is 0.317 e. The van der Waals surface area contributed by atoms with Crippen molar-refractivity contribution in [2.45, 2.75) is 45.6 Å². The Morgan fingerprint density at radius 2 is 2.13 bits per heavy atom. The Morgan fingerprint density at radius 1 is 1.30 bits per heavy atom. The maximum atomic E-state index is 12.0. The van der Waals surface area contributed by atoms with Gasteiger partial charge in [-0.1, -0.05) is 25.8 Å². The van der Waals surface area contributed by atoms with Crippen molar-refractivity contribution in [3.63, 3.8) is 0 Å². The minimum Gasteiger partial charge on any atom is -0.493 e. The highest BCUT2D eigenvalue weighted by Crippen LogP contribution is 2.32. The van der Waals surface area contributed by atoms with E-state index in [-0.39, 0.29) is 12.1 Å². The van der Waals surface area contributed by atoms with E-state index in [2.05, 4.69) is 12.2 Å². The summed E-state index contributed by atoms with van der Waals surface area (Å²) in [6, 6.07) is 5.94. The fourth-order valence-corrected chi connectivity index (χ4v) is 2.80. The van der Waals surface area contributed by atoms with Crippen molar-refractivity contribution in [3.05, 3.63) is 23.8 Å². The Hall–Kier alpha value is -1.91. The van der Waals surface area contributed by atoms with Gasteiger partial charge in [0.15, 0.2) is 11.5 Å². The summed E-state index contributed by atoms with van der Waals surface area (Å²) in [5, 5.41) is 2.90. The number of methoxy groups -OCH3 is 1. The van der Waals surface area contributed by atoms with E-state index in [1.54, 1.807) is 7.11 Å². The van der Waals surface area contributed by atoms with Gasteiger partial charge in [0.05, 0.1) is 19.8 Å². The standard InChI is InChI=1S/C18H28N2O3/c1-4-5-6-12-23-17-13-15(8-9-16(17)22-3)14(2)20-11-7-10-19-18(20)21/h8-9,13-14H,4-7,10-12H2,1-3H3,(H,19,21). The van der Waals surface area contributed by atoms with Crippen LogP contribution in [-0.2, 0) is 0 Å². The van der Waals surface area contributed by atoms with Crippen LogP contribution in [0.1, 0.15) is 51.1 Å². The lowest BCUT2D eigenvalue weighted by Gasteiger charge is -2.33. The Kier molecular flexibility index (Phi) is 6.56. The molecule has 1 aromatic carbocycles. The van der Waals surface area contributed by atoms with Crippen molar-refractivity contribution >= 4 is 6.03 Å². The zero-order chi connectivity index (χ0) is 16.7. The molecular formula is C18H28N2O3. The van der Waals surface area contributed by atoms with Gasteiger partial charge in [-0.25, -0.2) is 4.79 Å². The quantitative estimate of drug-likeness (QED) is 0.742. The van der Waals surface area contributed by atoms with Gasteiger partial charge in [0.2, 0.25) is 0 Å². The van der Waals surface area contributed by atoms with E-state index in [0.717, 1.165) is 49.4 Å². The number of amides is 2. The van der Waals surface area contributed by atoms with Crippen molar-refractivity contribution in [3.8, 4) is 11.5 Å². The van der Waals surface area contributed by atoms with Crippen molar-refractivity contribution in [2.75, 3.05) is 26.8 Å². The van der Waals surface area contributed by atoms with Crippen molar-refractivity contribution in [1.29, 1.82) is 0 Å². The molecule has 0 aliphatic carbocycles. The zero-order valence-electron chi connectivity index (χ0n) is 14.4. The van der Waals surface area contributed by atoms with Crippen LogP contribution in [0.15, 0.2) is 18.2 Å². The second kappa shape index (κ2) is 8.65. The summed E-state index contributed by atoms with van der Waals surface area (Å²) in [5.74, 6) is 1.49. The summed E-state index contributed by atoms with van der Waals surface area (Å²) < 4.78 is 11.3. The summed E-state index contributed by atoms with van der Waals surface area (Å²) in [6.45, 7) is 6.45. The van der Waals surface area contributed by atoms with Crippen molar-refractivity contribution < 1.29 is 14.3 Å². The van der Waals surface area contributed by atoms with Crippen LogP contribution >= 0.6 is 0 Å². The van der Waals surface area contributed by atoms with Crippen LogP contribution in [-0.4, -0.2) is 37.7 Å². The van der Waals surface area contributed by atoms with E-state index < -0.39 is 0 Å². The summed E-state index contributed by atoms with van der Waals surface area (Å²) >= 11 is 0. The second-order valence-electron chi connectivity index (χ2n) is 5.92. The molecule has 128 valence electrons. The number of hydrogen-bond acceptors (Lipinski definition) is 3. The van der Waals surface area contributed by atoms with E-state index in [1.807, 2.05) is 30.0 Å². The zero-order valence-corrected chi connectivity index (χ0v) is 14.4. The fraction of sp³-hybridized carbons (Fsp3) is 0.611. The van der Waals surface area contributed by atoms with Crippen LogP contribution in [0, 0.1) is 0 Å². The molecule has 0 spiro atoms. The number of rotatable bonds is 8. The van der Waals surface area contributed by atoms with E-state index in [4.69, 9.17) is 9.47 Å². The lowest BCUT2D eigenvalue weighted by molar-refractivity contribution is 0.166. The maximum absolute atomic E-state index is 12.0. The number of benzene rings is 1. The summed E-state index contributed by atoms with van der Waals surface area (Å²) in [5.41, 5.74) is 1.06. The Balaban J connectivity index is 2.10. The number of urea groups is 1. The van der Waals surface area contributed by atoms with Gasteiger partial charge in [0.25, 0.3) is 0 Å². The molecule has 5 heteroatoms. The molecule has 2 amide bonds. The van der Waals surface area contributed by atoms with Crippen LogP contribution in [0.5, 0.6) is 11.5 Å². The SMILES string of the molecule is CCCCCOc1cc(C(C)N2CCCNC2=O)ccc1OC. The van der Waals surface area contributed by atoms with Gasteiger partial charge in [-0.05, 0) is 37.5 Å². The number of ether oxygens (including phenoxy) is 2. The minimum absolute atomic E-state index is 0.00461. The lowest BCUT2D eigenvalue weighted by atomic mass is 10.1. The minimum atomic E-state index is 0.00461. The number of carbonyl (C=O) groups excluding carboxylic acids is 1. The molecule has 1 heterocycles. The molecule has 1 aliphatic heterocycles. The van der Waals surface area contributed by atoms with Crippen LogP contribution in [0.4, 0.5) is 4.79 Å². The van der Waals surface area contributed by atoms with Crippen LogP contribution < -0.4 is 14.8 Å². The van der Waals surface area contributed by atoms with Gasteiger partial charge < -0.3 is 19.7 Å². The van der Waals surface area contributed by atoms with E-state index in [9.17, 15) is 4.79 Å². The molecule has 1 atom stereocenters. The normalized spacial score (nSPS) is 16.0. The molecule has 23 heavy (non-hydrogen) atoms. The smallest absolute Gasteiger partial charge is 0.317 e. The topological polar surface area (TPSA) is 50.8 Å². The van der Waals surface area contributed by atoms with Crippen LogP contribution in [0.25, 0.3) is 0 Å². The molecule has 0 saturated carbocycles. The van der Waals surface area contributed by atoms with Gasteiger partial charge >= 0.3 is 6.03 Å². The average Bonchev–Trinajstić information content (AvgIpc) is 2.58. The highest BCUT2D eigenvalue weighted by molar-refractivity contribution is 5.75. The van der Waals surface area contributed by atoms with Crippen LogP contribution in [0.3, 0.4) is 0 Å². The Morgan fingerprint density at radius 3 is 2.83 bits per heavy atom. The summed E-state index contributed by atoms with van der Waals surface area (Å²) in [6.07, 6.45) is 4.34. The first-order valence-electron chi connectivity index (χ1n) is 8.52. The molecule has 1 N–H and O–H groups in total. The molecule has 1 unspecified atom stereocenters. The van der Waals surface area contributed by atoms with E-state index >= 15 is 0 Å². The molecule has 0 aromatic heterocycles. The Bertz CT molecular complexity index is 519. The number of nitrogens with one attached hydrogen (secondary N) is 1. The fourth-order valence-electron chi connectivity index (χ4n) is 2.80. The molecule has 5 nitrogen and oxygen atoms in total. The molecule has 0 bridgehead atoms. The Labute approximate surface area is 139 Å². The first-order valence-corrected chi connectivity index (χ1v) is 8.52. The first-order chi connectivity index (χ1) is 11.2. The summed E-state index contributed by atoms with van der Waals surface area (Å²) in [4.78, 5) is 13.9. The molecule has 1 saturated heterocycles. The predicted octanol–water partition coefficient (Wildman–Crippen LogP) is 3.74. The van der Waals surface area contributed by atoms with E-state index in [0.29, 0.717) is 6.61 Å². The largest absolute Gasteiger partial charge is 0.493 e. The number of unbranched alkanes of at least 4 members (excludes halogenated alkanes) is 2. The van der Waals surface area contributed by atoms with Gasteiger partial charge in [0, 0.05) is 13.1 Å². The molecule has 1 aliphatic rings. The third kappa shape index (κ3) is 4.53. The predicted molar refractivity (Wildman–Crippen MR) is 91.2 cm³/mol. The highest BCUT2D eigenvalue weighted by atomic mass is 16.5. The molecule has 1 aromatic rings. The number of hydrogen-bond donors (Lipinski definition) is 1. The second-order valence-corrected chi connectivity index (χ2v) is 5.92. The molecular weight excluding hydrogens is 292 g/mol. The van der Waals surface area contributed by atoms with Crippen LogP contribution in [0.2, 0.25) is 0 Å². The molecule has 1 fully saturated rings. The third-order valence-electron chi connectivity index (χ3n) is 4.26. The van der Waals surface area contributed by atoms with Gasteiger partial charge in [-0.3, -0.25) is 0 Å². The lowest BCUT2D eigenvalue weighted by Crippen LogP contribution is -2.47. The third-order valence-corrected chi connectivity index (χ3v) is 4.26. The molecule has 2 rings (SSSR count). The monoisotopic (exact) mass is 320 g/mol. The van der Waals surface area contributed by atoms with Crippen molar-refractivity contribution in [1.82, 2.24) is 10.2 Å². The van der Waals surface area contributed by atoms with Crippen molar-refractivity contribution in [2.24, 2.45) is 0 Å².